The molecule has 0 saturated heterocycles. The molecule has 0 aliphatic rings. The van der Waals surface area contributed by atoms with Gasteiger partial charge in [-0.2, -0.15) is 15.0 Å². The predicted molar refractivity (Wildman–Crippen MR) is 67.2 cm³/mol. The molecule has 0 fully saturated rings. The van der Waals surface area contributed by atoms with E-state index in [1.807, 2.05) is 6.92 Å². The average molecular weight is 267 g/mol. The number of aromatic nitrogens is 5. The molecule has 4 N–H and O–H groups in total. The smallest absolute Gasteiger partial charge is 0.242 e. The van der Waals surface area contributed by atoms with Crippen LogP contribution in [0.15, 0.2) is 23.9 Å². The number of hydrogen-bond acceptors (Lipinski definition) is 8. The summed E-state index contributed by atoms with van der Waals surface area (Å²) in [4.78, 5) is 16.4. The SMILES string of the molecule is CC(CO)Sc1nc(NN)nc(-n2ccnc2)n1. The van der Waals surface area contributed by atoms with Gasteiger partial charge in [-0.15, -0.1) is 0 Å². The second-order valence-electron chi connectivity index (χ2n) is 3.47. The van der Waals surface area contributed by atoms with Crippen LogP contribution in [0.2, 0.25) is 0 Å². The Bertz CT molecular complexity index is 504. The molecule has 2 rings (SSSR count). The van der Waals surface area contributed by atoms with Gasteiger partial charge in [0.2, 0.25) is 11.9 Å². The standard InChI is InChI=1S/C9H13N7OS/c1-6(4-17)18-9-13-7(15-10)12-8(14-9)16-3-2-11-5-16/h2-3,5-6,17H,4,10H2,1H3,(H,12,13,14,15). The van der Waals surface area contributed by atoms with Crippen LogP contribution in [-0.4, -0.2) is 41.5 Å². The van der Waals surface area contributed by atoms with E-state index in [4.69, 9.17) is 10.9 Å². The van der Waals surface area contributed by atoms with Crippen LogP contribution in [0, 0.1) is 0 Å². The van der Waals surface area contributed by atoms with Crippen LogP contribution in [-0.2, 0) is 0 Å². The zero-order valence-electron chi connectivity index (χ0n) is 9.69. The minimum Gasteiger partial charge on any atom is -0.395 e. The van der Waals surface area contributed by atoms with Gasteiger partial charge in [0.15, 0.2) is 5.16 Å². The highest BCUT2D eigenvalue weighted by atomic mass is 32.2. The monoisotopic (exact) mass is 267 g/mol. The first-order chi connectivity index (χ1) is 8.72. The van der Waals surface area contributed by atoms with E-state index in [-0.39, 0.29) is 17.8 Å². The first-order valence-electron chi connectivity index (χ1n) is 5.21. The summed E-state index contributed by atoms with van der Waals surface area (Å²) in [5, 5.41) is 9.51. The minimum absolute atomic E-state index is 0.00587. The third-order valence-electron chi connectivity index (χ3n) is 2.03. The molecule has 0 aliphatic carbocycles. The maximum absolute atomic E-state index is 9.03. The van der Waals surface area contributed by atoms with Crippen molar-refractivity contribution < 1.29 is 5.11 Å². The van der Waals surface area contributed by atoms with Crippen LogP contribution < -0.4 is 11.3 Å². The molecule has 96 valence electrons. The summed E-state index contributed by atoms with van der Waals surface area (Å²) in [6.45, 7) is 1.92. The van der Waals surface area contributed by atoms with Gasteiger partial charge in [-0.05, 0) is 0 Å². The van der Waals surface area contributed by atoms with E-state index in [1.54, 1.807) is 23.3 Å². The zero-order valence-corrected chi connectivity index (χ0v) is 10.5. The second-order valence-corrected chi connectivity index (χ2v) is 4.87. The summed E-state index contributed by atoms with van der Waals surface area (Å²) in [7, 11) is 0. The Morgan fingerprint density at radius 1 is 1.50 bits per heavy atom. The Balaban J connectivity index is 2.33. The molecule has 8 nitrogen and oxygen atoms in total. The quantitative estimate of drug-likeness (QED) is 0.388. The summed E-state index contributed by atoms with van der Waals surface area (Å²) in [6.07, 6.45) is 4.93. The van der Waals surface area contributed by atoms with Crippen LogP contribution in [0.5, 0.6) is 0 Å². The van der Waals surface area contributed by atoms with Crippen molar-refractivity contribution in [1.29, 1.82) is 0 Å². The van der Waals surface area contributed by atoms with E-state index in [9.17, 15) is 0 Å². The van der Waals surface area contributed by atoms with Crippen molar-refractivity contribution in [2.45, 2.75) is 17.3 Å². The van der Waals surface area contributed by atoms with E-state index >= 15 is 0 Å². The van der Waals surface area contributed by atoms with Crippen molar-refractivity contribution in [3.05, 3.63) is 18.7 Å². The number of rotatable bonds is 5. The number of hydrazine groups is 1. The third kappa shape index (κ3) is 2.94. The Kier molecular flexibility index (Phi) is 4.07. The van der Waals surface area contributed by atoms with Gasteiger partial charge in [0.1, 0.15) is 6.33 Å². The maximum atomic E-state index is 9.03. The number of imidazole rings is 1. The van der Waals surface area contributed by atoms with Gasteiger partial charge in [-0.3, -0.25) is 9.99 Å². The number of nitrogens with two attached hydrogens (primary N) is 1. The molecular weight excluding hydrogens is 254 g/mol. The van der Waals surface area contributed by atoms with Crippen LogP contribution in [0.4, 0.5) is 5.95 Å². The van der Waals surface area contributed by atoms with Gasteiger partial charge in [0.25, 0.3) is 0 Å². The summed E-state index contributed by atoms with van der Waals surface area (Å²) in [6, 6.07) is 0. The van der Waals surface area contributed by atoms with E-state index in [2.05, 4.69) is 25.4 Å². The normalized spacial score (nSPS) is 12.4. The van der Waals surface area contributed by atoms with E-state index in [0.717, 1.165) is 0 Å². The molecule has 2 aromatic heterocycles. The molecule has 0 bridgehead atoms. The number of hydrogen-bond donors (Lipinski definition) is 3. The Labute approximate surface area is 108 Å². The van der Waals surface area contributed by atoms with Gasteiger partial charge in [0.05, 0.1) is 6.61 Å². The fourth-order valence-corrected chi connectivity index (χ4v) is 1.88. The number of thioether (sulfide) groups is 1. The zero-order chi connectivity index (χ0) is 13.0. The molecule has 0 aliphatic heterocycles. The molecule has 0 saturated carbocycles. The fourth-order valence-electron chi connectivity index (χ4n) is 1.17. The number of nitrogens with zero attached hydrogens (tertiary/aromatic N) is 5. The molecule has 9 heteroatoms. The first kappa shape index (κ1) is 12.7. The maximum Gasteiger partial charge on any atom is 0.242 e. The largest absolute Gasteiger partial charge is 0.395 e. The van der Waals surface area contributed by atoms with Gasteiger partial charge < -0.3 is 5.11 Å². The van der Waals surface area contributed by atoms with Crippen molar-refractivity contribution in [2.75, 3.05) is 12.0 Å². The van der Waals surface area contributed by atoms with Crippen molar-refractivity contribution in [3.8, 4) is 5.95 Å². The summed E-state index contributed by atoms with van der Waals surface area (Å²) in [5.74, 6) is 6.00. The van der Waals surface area contributed by atoms with Crippen molar-refractivity contribution in [2.24, 2.45) is 5.84 Å². The molecule has 1 unspecified atom stereocenters. The Hall–Kier alpha value is -1.71. The van der Waals surface area contributed by atoms with E-state index in [0.29, 0.717) is 11.1 Å². The van der Waals surface area contributed by atoms with Crippen LogP contribution in [0.1, 0.15) is 6.92 Å². The number of nitrogens with one attached hydrogen (secondary N) is 1. The number of aliphatic hydroxyl groups excluding tert-OH is 1. The van der Waals surface area contributed by atoms with Crippen molar-refractivity contribution in [3.63, 3.8) is 0 Å². The molecule has 1 atom stereocenters. The summed E-state index contributed by atoms with van der Waals surface area (Å²) >= 11 is 1.34. The Morgan fingerprint density at radius 2 is 2.33 bits per heavy atom. The second kappa shape index (κ2) is 5.76. The van der Waals surface area contributed by atoms with Gasteiger partial charge in [-0.25, -0.2) is 10.8 Å². The minimum atomic E-state index is -0.00587. The highest BCUT2D eigenvalue weighted by Gasteiger charge is 2.11. The number of aliphatic hydroxyl groups is 1. The van der Waals surface area contributed by atoms with Crippen molar-refractivity contribution in [1.82, 2.24) is 24.5 Å². The lowest BCUT2D eigenvalue weighted by molar-refractivity contribution is 0.300. The van der Waals surface area contributed by atoms with E-state index < -0.39 is 0 Å². The van der Waals surface area contributed by atoms with Crippen LogP contribution >= 0.6 is 11.8 Å². The predicted octanol–water partition coefficient (Wildman–Crippen LogP) is -0.184. The molecule has 0 radical (unpaired) electrons. The first-order valence-corrected chi connectivity index (χ1v) is 6.09. The topological polar surface area (TPSA) is 115 Å². The van der Waals surface area contributed by atoms with E-state index in [1.165, 1.54) is 11.8 Å². The highest BCUT2D eigenvalue weighted by molar-refractivity contribution is 7.99. The van der Waals surface area contributed by atoms with Crippen molar-refractivity contribution >= 4 is 17.7 Å². The van der Waals surface area contributed by atoms with Gasteiger partial charge >= 0.3 is 0 Å². The molecule has 0 aromatic carbocycles. The highest BCUT2D eigenvalue weighted by Crippen LogP contribution is 2.20. The lowest BCUT2D eigenvalue weighted by Gasteiger charge is -2.09. The number of nitrogen functional groups attached to an aromatic ring is 1. The molecule has 18 heavy (non-hydrogen) atoms. The number of anilines is 1. The van der Waals surface area contributed by atoms with Gasteiger partial charge in [0, 0.05) is 17.6 Å². The van der Waals surface area contributed by atoms with Crippen LogP contribution in [0.25, 0.3) is 5.95 Å². The molecular formula is C9H13N7OS. The summed E-state index contributed by atoms with van der Waals surface area (Å²) in [5.41, 5.74) is 2.39. The fraction of sp³-hybridized carbons (Fsp3) is 0.333. The lowest BCUT2D eigenvalue weighted by Crippen LogP contribution is -2.14. The van der Waals surface area contributed by atoms with Crippen LogP contribution in [0.3, 0.4) is 0 Å². The summed E-state index contributed by atoms with van der Waals surface area (Å²) < 4.78 is 1.65. The molecule has 0 spiro atoms. The Morgan fingerprint density at radius 3 is 2.94 bits per heavy atom. The third-order valence-corrected chi connectivity index (χ3v) is 2.98. The average Bonchev–Trinajstić information content (AvgIpc) is 2.92. The molecule has 2 heterocycles. The molecule has 2 aromatic rings. The lowest BCUT2D eigenvalue weighted by atomic mass is 10.5. The van der Waals surface area contributed by atoms with Gasteiger partial charge in [-0.1, -0.05) is 18.7 Å². The molecule has 0 amide bonds.